The molecule has 0 radical (unpaired) electrons. The van der Waals surface area contributed by atoms with Gasteiger partial charge in [0, 0.05) is 3.57 Å². The van der Waals surface area contributed by atoms with Crippen LogP contribution in [-0.4, -0.2) is 0 Å². The van der Waals surface area contributed by atoms with E-state index in [1.807, 2.05) is 0 Å². The zero-order chi connectivity index (χ0) is 17.4. The van der Waals surface area contributed by atoms with Crippen molar-refractivity contribution in [3.05, 3.63) is 56.7 Å². The Morgan fingerprint density at radius 3 is 1.78 bits per heavy atom. The number of rotatable bonds is 2. The summed E-state index contributed by atoms with van der Waals surface area (Å²) in [6.07, 6.45) is -9.47. The van der Waals surface area contributed by atoms with E-state index in [-0.39, 0.29) is 0 Å². The van der Waals surface area contributed by atoms with Gasteiger partial charge in [-0.1, -0.05) is 11.6 Å². The van der Waals surface area contributed by atoms with Crippen molar-refractivity contribution in [2.24, 2.45) is 0 Å². The number of ether oxygens (including phenoxy) is 1. The summed E-state index contributed by atoms with van der Waals surface area (Å²) in [5, 5.41) is 0. The molecule has 2 rings (SSSR count). The van der Waals surface area contributed by atoms with E-state index in [9.17, 15) is 26.3 Å². The fourth-order valence-corrected chi connectivity index (χ4v) is 2.38. The molecule has 124 valence electrons. The largest absolute Gasteiger partial charge is 0.456 e. The van der Waals surface area contributed by atoms with Crippen LogP contribution in [-0.2, 0) is 12.4 Å². The molecule has 0 saturated carbocycles. The third-order valence-electron chi connectivity index (χ3n) is 2.91. The number of hydrogen-bond donors (Lipinski definition) is 0. The lowest BCUT2D eigenvalue weighted by Gasteiger charge is -2.17. The van der Waals surface area contributed by atoms with E-state index in [0.717, 1.165) is 24.3 Å². The van der Waals surface area contributed by atoms with E-state index in [1.165, 1.54) is 19.1 Å². The summed E-state index contributed by atoms with van der Waals surface area (Å²) in [4.78, 5) is 0. The molecule has 0 aliphatic carbocycles. The Morgan fingerprint density at radius 2 is 1.26 bits per heavy atom. The molecule has 1 nitrogen and oxygen atoms in total. The molecule has 0 saturated heterocycles. The molecule has 23 heavy (non-hydrogen) atoms. The summed E-state index contributed by atoms with van der Waals surface area (Å²) >= 11 is 1.68. The number of hydrogen-bond acceptors (Lipinski definition) is 1. The molecule has 0 unspecified atom stereocenters. The normalized spacial score (nSPS) is 12.3. The first kappa shape index (κ1) is 17.9. The van der Waals surface area contributed by atoms with Crippen LogP contribution in [0.4, 0.5) is 26.3 Å². The zero-order valence-corrected chi connectivity index (χ0v) is 13.7. The van der Waals surface area contributed by atoms with E-state index in [4.69, 9.17) is 4.74 Å². The van der Waals surface area contributed by atoms with Crippen LogP contribution in [0.25, 0.3) is 0 Å². The molecule has 0 aliphatic heterocycles. The van der Waals surface area contributed by atoms with Crippen molar-refractivity contribution in [1.82, 2.24) is 0 Å². The van der Waals surface area contributed by atoms with Gasteiger partial charge in [0.25, 0.3) is 0 Å². The molecule has 0 amide bonds. The van der Waals surface area contributed by atoms with Crippen LogP contribution in [0, 0.1) is 10.5 Å². The Morgan fingerprint density at radius 1 is 0.783 bits per heavy atom. The fourth-order valence-electron chi connectivity index (χ4n) is 1.89. The standard InChI is InChI=1S/C15H9F6IO/c1-8-2-4-12(10(6-8)14(16,17)18)23-13-5-3-9(22)7-11(13)15(19,20)21/h2-7H,1H3. The topological polar surface area (TPSA) is 9.23 Å². The lowest BCUT2D eigenvalue weighted by atomic mass is 10.1. The van der Waals surface area contributed by atoms with Crippen LogP contribution in [0.5, 0.6) is 11.5 Å². The quantitative estimate of drug-likeness (QED) is 0.382. The smallest absolute Gasteiger partial charge is 0.420 e. The zero-order valence-electron chi connectivity index (χ0n) is 11.5. The summed E-state index contributed by atoms with van der Waals surface area (Å²) in [7, 11) is 0. The highest BCUT2D eigenvalue weighted by Gasteiger charge is 2.37. The SMILES string of the molecule is Cc1ccc(Oc2ccc(I)cc2C(F)(F)F)c(C(F)(F)F)c1. The van der Waals surface area contributed by atoms with Crippen LogP contribution < -0.4 is 4.74 Å². The van der Waals surface area contributed by atoms with Crippen LogP contribution in [0.2, 0.25) is 0 Å². The number of alkyl halides is 6. The molecule has 0 atom stereocenters. The summed E-state index contributed by atoms with van der Waals surface area (Å²) in [6, 6.07) is 6.32. The average molecular weight is 446 g/mol. The minimum Gasteiger partial charge on any atom is -0.456 e. The van der Waals surface area contributed by atoms with Crippen molar-refractivity contribution in [2.45, 2.75) is 19.3 Å². The first-order valence-corrected chi connectivity index (χ1v) is 7.29. The monoisotopic (exact) mass is 446 g/mol. The second-order valence-electron chi connectivity index (χ2n) is 4.74. The molecule has 2 aromatic carbocycles. The van der Waals surface area contributed by atoms with Gasteiger partial charge in [0.1, 0.15) is 11.5 Å². The van der Waals surface area contributed by atoms with Crippen molar-refractivity contribution < 1.29 is 31.1 Å². The maximum absolute atomic E-state index is 13.0. The maximum Gasteiger partial charge on any atom is 0.420 e. The van der Waals surface area contributed by atoms with Crippen molar-refractivity contribution in [2.75, 3.05) is 0 Å². The highest BCUT2D eigenvalue weighted by molar-refractivity contribution is 14.1. The van der Waals surface area contributed by atoms with Crippen molar-refractivity contribution in [1.29, 1.82) is 0 Å². The minimum absolute atomic E-state index is 0.294. The van der Waals surface area contributed by atoms with E-state index >= 15 is 0 Å². The third kappa shape index (κ3) is 4.30. The predicted octanol–water partition coefficient (Wildman–Crippen LogP) is 6.43. The van der Waals surface area contributed by atoms with Gasteiger partial charge < -0.3 is 4.74 Å². The summed E-state index contributed by atoms with van der Waals surface area (Å²) < 4.78 is 83.4. The van der Waals surface area contributed by atoms with Gasteiger partial charge in [-0.3, -0.25) is 0 Å². The van der Waals surface area contributed by atoms with E-state index in [1.54, 1.807) is 22.6 Å². The Labute approximate surface area is 141 Å². The maximum atomic E-state index is 13.0. The van der Waals surface area contributed by atoms with Gasteiger partial charge in [-0.25, -0.2) is 0 Å². The van der Waals surface area contributed by atoms with Crippen LogP contribution in [0.3, 0.4) is 0 Å². The Kier molecular flexibility index (Phi) is 4.84. The fraction of sp³-hybridized carbons (Fsp3) is 0.200. The second-order valence-corrected chi connectivity index (χ2v) is 5.98. The lowest BCUT2D eigenvalue weighted by molar-refractivity contribution is -0.139. The first-order chi connectivity index (χ1) is 10.5. The van der Waals surface area contributed by atoms with E-state index in [2.05, 4.69) is 0 Å². The van der Waals surface area contributed by atoms with Gasteiger partial charge in [0.05, 0.1) is 11.1 Å². The van der Waals surface area contributed by atoms with Gasteiger partial charge in [-0.15, -0.1) is 0 Å². The van der Waals surface area contributed by atoms with Crippen LogP contribution in [0.1, 0.15) is 16.7 Å². The van der Waals surface area contributed by atoms with E-state index < -0.39 is 35.0 Å². The Hall–Kier alpha value is -1.45. The molecule has 0 bridgehead atoms. The molecule has 0 N–H and O–H groups in total. The van der Waals surface area contributed by atoms with E-state index in [0.29, 0.717) is 9.13 Å². The molecule has 2 aromatic rings. The van der Waals surface area contributed by atoms with Gasteiger partial charge >= 0.3 is 12.4 Å². The molecular formula is C15H9F6IO. The van der Waals surface area contributed by atoms with Crippen molar-refractivity contribution in [3.8, 4) is 11.5 Å². The van der Waals surface area contributed by atoms with Crippen molar-refractivity contribution >= 4 is 22.6 Å². The van der Waals surface area contributed by atoms with Crippen LogP contribution in [0.15, 0.2) is 36.4 Å². The Balaban J connectivity index is 2.53. The molecule has 8 heteroatoms. The molecule has 0 heterocycles. The average Bonchev–Trinajstić information content (AvgIpc) is 2.40. The molecule has 0 spiro atoms. The van der Waals surface area contributed by atoms with Crippen molar-refractivity contribution in [3.63, 3.8) is 0 Å². The molecule has 0 aliphatic rings. The van der Waals surface area contributed by atoms with Gasteiger partial charge in [-0.05, 0) is 59.8 Å². The highest BCUT2D eigenvalue weighted by atomic mass is 127. The molecular weight excluding hydrogens is 437 g/mol. The molecule has 0 fully saturated rings. The minimum atomic E-state index is -4.74. The van der Waals surface area contributed by atoms with Gasteiger partial charge in [0.15, 0.2) is 0 Å². The third-order valence-corrected chi connectivity index (χ3v) is 3.58. The Bertz CT molecular complexity index is 659. The van der Waals surface area contributed by atoms with Gasteiger partial charge in [-0.2, -0.15) is 26.3 Å². The summed E-state index contributed by atoms with van der Waals surface area (Å²) in [5.74, 6) is -1.35. The van der Waals surface area contributed by atoms with Crippen LogP contribution >= 0.6 is 22.6 Å². The number of aryl methyl sites for hydroxylation is 1. The lowest BCUT2D eigenvalue weighted by Crippen LogP contribution is -2.10. The first-order valence-electron chi connectivity index (χ1n) is 6.21. The molecule has 0 aromatic heterocycles. The highest BCUT2D eigenvalue weighted by Crippen LogP contribution is 2.42. The van der Waals surface area contributed by atoms with Gasteiger partial charge in [0.2, 0.25) is 0 Å². The summed E-state index contributed by atoms with van der Waals surface area (Å²) in [6.45, 7) is 1.45. The summed E-state index contributed by atoms with van der Waals surface area (Å²) in [5.41, 5.74) is -1.93. The number of benzene rings is 2. The number of halogens is 7. The second kappa shape index (κ2) is 6.21. The predicted molar refractivity (Wildman–Crippen MR) is 80.4 cm³/mol.